The van der Waals surface area contributed by atoms with Crippen molar-refractivity contribution in [3.63, 3.8) is 0 Å². The van der Waals surface area contributed by atoms with Gasteiger partial charge in [-0.2, -0.15) is 0 Å². The lowest BCUT2D eigenvalue weighted by Gasteiger charge is -2.25. The van der Waals surface area contributed by atoms with Crippen LogP contribution < -0.4 is 4.74 Å². The fourth-order valence-corrected chi connectivity index (χ4v) is 6.61. The zero-order valence-electron chi connectivity index (χ0n) is 20.4. The molecule has 0 spiro atoms. The van der Waals surface area contributed by atoms with Crippen molar-refractivity contribution in [2.45, 2.75) is 18.4 Å². The maximum absolute atomic E-state index is 9.87. The molecule has 0 aromatic heterocycles. The van der Waals surface area contributed by atoms with E-state index >= 15 is 0 Å². The lowest BCUT2D eigenvalue weighted by molar-refractivity contribution is 0.108. The summed E-state index contributed by atoms with van der Waals surface area (Å²) in [6.07, 6.45) is 1.40. The van der Waals surface area contributed by atoms with Gasteiger partial charge in [0.1, 0.15) is 18.1 Å². The monoisotopic (exact) mass is 483 g/mol. The summed E-state index contributed by atoms with van der Waals surface area (Å²) in [4.78, 5) is 2.43. The summed E-state index contributed by atoms with van der Waals surface area (Å²) in [5.74, 6) is 3.38. The molecule has 3 aromatic carbocycles. The Kier molecular flexibility index (Phi) is 6.08. The molecule has 0 radical (unpaired) electrons. The Morgan fingerprint density at radius 3 is 2.17 bits per heavy atom. The first-order chi connectivity index (χ1) is 17.7. The van der Waals surface area contributed by atoms with Crippen LogP contribution in [0.25, 0.3) is 11.1 Å². The van der Waals surface area contributed by atoms with E-state index in [4.69, 9.17) is 4.74 Å². The molecule has 2 saturated carbocycles. The van der Waals surface area contributed by atoms with Gasteiger partial charge in [-0.3, -0.25) is 4.90 Å². The highest BCUT2D eigenvalue weighted by molar-refractivity contribution is 5.98. The van der Waals surface area contributed by atoms with Gasteiger partial charge in [0.15, 0.2) is 0 Å². The third-order valence-corrected chi connectivity index (χ3v) is 8.42. The molecule has 5 nitrogen and oxygen atoms in total. The van der Waals surface area contributed by atoms with Gasteiger partial charge in [-0.25, -0.2) is 0 Å². The van der Waals surface area contributed by atoms with Crippen LogP contribution in [0.3, 0.4) is 0 Å². The van der Waals surface area contributed by atoms with E-state index in [9.17, 15) is 15.3 Å². The number of allylic oxidation sites excluding steroid dienone is 1. The van der Waals surface area contributed by atoms with Crippen LogP contribution in [-0.4, -0.2) is 58.7 Å². The molecule has 36 heavy (non-hydrogen) atoms. The molecule has 2 saturated heterocycles. The van der Waals surface area contributed by atoms with E-state index in [0.717, 1.165) is 70.9 Å². The molecule has 0 amide bonds. The van der Waals surface area contributed by atoms with Crippen molar-refractivity contribution in [1.29, 1.82) is 0 Å². The first-order valence-electron chi connectivity index (χ1n) is 13.0. The van der Waals surface area contributed by atoms with Gasteiger partial charge in [0.25, 0.3) is 0 Å². The Balaban J connectivity index is 1.24. The van der Waals surface area contributed by atoms with Gasteiger partial charge < -0.3 is 20.1 Å². The SMILES string of the molecule is OCCC/C(=C(\c1ccc(O)cc1)c1ccc(OCCN2C[C@H]3C4[C@H]3[C@@]42CO)cc1)c1ccccc1. The van der Waals surface area contributed by atoms with Crippen molar-refractivity contribution >= 4 is 11.1 Å². The molecule has 5 heteroatoms. The first-order valence-corrected chi connectivity index (χ1v) is 13.0. The number of aliphatic hydroxyl groups excluding tert-OH is 2. The number of hydrogen-bond acceptors (Lipinski definition) is 5. The zero-order valence-corrected chi connectivity index (χ0v) is 20.4. The third-order valence-electron chi connectivity index (χ3n) is 8.42. The van der Waals surface area contributed by atoms with E-state index in [0.29, 0.717) is 13.0 Å². The Morgan fingerprint density at radius 1 is 0.861 bits per heavy atom. The average molecular weight is 484 g/mol. The summed E-state index contributed by atoms with van der Waals surface area (Å²) in [7, 11) is 0. The maximum atomic E-state index is 9.87. The number of phenolic OH excluding ortho intramolecular Hbond substituents is 1. The van der Waals surface area contributed by atoms with Gasteiger partial charge in [-0.05, 0) is 82.7 Å². The molecule has 7 rings (SSSR count). The Hall–Kier alpha value is -3.12. The molecule has 2 aliphatic heterocycles. The largest absolute Gasteiger partial charge is 0.508 e. The summed E-state index contributed by atoms with van der Waals surface area (Å²) < 4.78 is 6.09. The standard InChI is InChI=1S/C31H33NO4/c33-17-4-7-26(21-5-2-1-3-6-21)28(22-8-12-24(35)13-9-22)23-10-14-25(15-11-23)36-18-16-32-19-27-29-30(27)31(29,32)20-34/h1-3,5-6,8-15,27,29-30,33-35H,4,7,16-20H2/b28-26-/t27-,29+,30?,31+/m1/s1. The predicted octanol–water partition coefficient (Wildman–Crippen LogP) is 4.43. The van der Waals surface area contributed by atoms with Crippen molar-refractivity contribution in [2.24, 2.45) is 17.8 Å². The van der Waals surface area contributed by atoms with Crippen LogP contribution >= 0.6 is 0 Å². The topological polar surface area (TPSA) is 73.2 Å². The van der Waals surface area contributed by atoms with Gasteiger partial charge >= 0.3 is 0 Å². The second kappa shape index (κ2) is 9.40. The lowest BCUT2D eigenvalue weighted by Crippen LogP contribution is -2.40. The molecule has 2 bridgehead atoms. The lowest BCUT2D eigenvalue weighted by atomic mass is 9.87. The highest BCUT2D eigenvalue weighted by Gasteiger charge is 2.89. The number of aromatic hydroxyl groups is 1. The van der Waals surface area contributed by atoms with Gasteiger partial charge in [-0.1, -0.05) is 54.6 Å². The van der Waals surface area contributed by atoms with E-state index in [1.165, 1.54) is 0 Å². The number of benzene rings is 3. The molecule has 1 unspecified atom stereocenters. The quantitative estimate of drug-likeness (QED) is 0.352. The van der Waals surface area contributed by atoms with Gasteiger partial charge in [0.05, 0.1) is 12.1 Å². The molecule has 4 aliphatic rings. The fourth-order valence-electron chi connectivity index (χ4n) is 6.61. The molecule has 186 valence electrons. The maximum Gasteiger partial charge on any atom is 0.119 e. The summed E-state index contributed by atoms with van der Waals surface area (Å²) >= 11 is 0. The molecule has 4 fully saturated rings. The number of hydrogen-bond donors (Lipinski definition) is 3. The van der Waals surface area contributed by atoms with Crippen molar-refractivity contribution in [3.8, 4) is 11.5 Å². The molecular weight excluding hydrogens is 450 g/mol. The van der Waals surface area contributed by atoms with Crippen molar-refractivity contribution in [1.82, 2.24) is 4.90 Å². The highest BCUT2D eigenvalue weighted by atomic mass is 16.5. The number of phenols is 1. The van der Waals surface area contributed by atoms with Crippen LogP contribution in [0, 0.1) is 17.8 Å². The smallest absolute Gasteiger partial charge is 0.119 e. The molecule has 3 aromatic rings. The Bertz CT molecular complexity index is 1230. The van der Waals surface area contributed by atoms with Gasteiger partial charge in [-0.15, -0.1) is 0 Å². The normalized spacial score (nSPS) is 26.3. The van der Waals surface area contributed by atoms with Crippen LogP contribution in [-0.2, 0) is 0 Å². The van der Waals surface area contributed by atoms with E-state index in [2.05, 4.69) is 29.2 Å². The number of nitrogens with zero attached hydrogens (tertiary/aromatic N) is 1. The van der Waals surface area contributed by atoms with Crippen molar-refractivity contribution in [3.05, 3.63) is 95.6 Å². The summed E-state index contributed by atoms with van der Waals surface area (Å²) in [6.45, 7) is 2.97. The van der Waals surface area contributed by atoms with Crippen LogP contribution in [0.1, 0.15) is 29.5 Å². The third kappa shape index (κ3) is 3.92. The zero-order chi connectivity index (χ0) is 24.7. The number of aliphatic hydroxyl groups is 2. The summed E-state index contributed by atoms with van der Waals surface area (Å²) in [6, 6.07) is 25.8. The number of rotatable bonds is 11. The fraction of sp³-hybridized carbons (Fsp3) is 0.355. The van der Waals surface area contributed by atoms with Crippen molar-refractivity contribution in [2.75, 3.05) is 32.9 Å². The van der Waals surface area contributed by atoms with Crippen LogP contribution in [0.5, 0.6) is 11.5 Å². The second-order valence-electron chi connectivity index (χ2n) is 10.3. The molecule has 2 heterocycles. The average Bonchev–Trinajstić information content (AvgIpc) is 3.75. The van der Waals surface area contributed by atoms with Crippen molar-refractivity contribution < 1.29 is 20.1 Å². The van der Waals surface area contributed by atoms with Crippen LogP contribution in [0.4, 0.5) is 0 Å². The highest BCUT2D eigenvalue weighted by Crippen LogP contribution is 2.82. The Labute approximate surface area is 212 Å². The number of piperidine rings is 1. The van der Waals surface area contributed by atoms with E-state index < -0.39 is 0 Å². The molecular formula is C31H33NO4. The minimum atomic E-state index is 0.0874. The molecule has 2 aliphatic carbocycles. The Morgan fingerprint density at radius 2 is 1.53 bits per heavy atom. The number of ether oxygens (including phenoxy) is 1. The van der Waals surface area contributed by atoms with E-state index in [1.807, 2.05) is 42.5 Å². The summed E-state index contributed by atoms with van der Waals surface area (Å²) in [5, 5.41) is 29.3. The minimum absolute atomic E-state index is 0.0874. The van der Waals surface area contributed by atoms with Gasteiger partial charge in [0, 0.05) is 19.7 Å². The molecule has 4 atom stereocenters. The minimum Gasteiger partial charge on any atom is -0.508 e. The van der Waals surface area contributed by atoms with Crippen LogP contribution in [0.2, 0.25) is 0 Å². The number of fused-ring (bicyclic) bond motifs is 1. The summed E-state index contributed by atoms with van der Waals surface area (Å²) in [5.41, 5.74) is 5.54. The van der Waals surface area contributed by atoms with E-state index in [-0.39, 0.29) is 24.5 Å². The molecule has 3 N–H and O–H groups in total. The second-order valence-corrected chi connectivity index (χ2v) is 10.3. The van der Waals surface area contributed by atoms with E-state index in [1.54, 1.807) is 12.1 Å². The predicted molar refractivity (Wildman–Crippen MR) is 141 cm³/mol. The van der Waals surface area contributed by atoms with Gasteiger partial charge in [0.2, 0.25) is 0 Å². The first kappa shape index (κ1) is 23.3. The van der Waals surface area contributed by atoms with Crippen LogP contribution in [0.15, 0.2) is 78.9 Å².